The van der Waals surface area contributed by atoms with Crippen LogP contribution in [0.5, 0.6) is 23.0 Å². The Morgan fingerprint density at radius 2 is 1.58 bits per heavy atom. The third-order valence-electron chi connectivity index (χ3n) is 4.65. The highest BCUT2D eigenvalue weighted by molar-refractivity contribution is 5.80. The highest BCUT2D eigenvalue weighted by atomic mass is 16.5. The number of nitrogens with zero attached hydrogens (tertiary/aromatic N) is 2. The normalized spacial score (nSPS) is 14.0. The van der Waals surface area contributed by atoms with Crippen molar-refractivity contribution in [1.29, 1.82) is 0 Å². The number of carbonyl (C=O) groups excluding carboxylic acids is 1. The SMILES string of the molecule is COc1cc(C=NCCCN2CCOCC2)ccc1O.COc1cc(C=O)ccc1O. The number of carbonyl (C=O) groups is 1. The van der Waals surface area contributed by atoms with E-state index in [1.54, 1.807) is 12.1 Å². The molecule has 3 rings (SSSR count). The van der Waals surface area contributed by atoms with Gasteiger partial charge in [0.05, 0.1) is 27.4 Å². The number of phenolic OH excluding ortho intramolecular Hbond substituents is 2. The van der Waals surface area contributed by atoms with E-state index in [2.05, 4.69) is 9.89 Å². The summed E-state index contributed by atoms with van der Waals surface area (Å²) < 4.78 is 15.2. The molecule has 8 heteroatoms. The first-order valence-corrected chi connectivity index (χ1v) is 10.1. The Labute approximate surface area is 182 Å². The number of morpholine rings is 1. The lowest BCUT2D eigenvalue weighted by Crippen LogP contribution is -2.37. The molecule has 1 fully saturated rings. The van der Waals surface area contributed by atoms with Crippen molar-refractivity contribution in [3.05, 3.63) is 47.5 Å². The van der Waals surface area contributed by atoms with Gasteiger partial charge >= 0.3 is 0 Å². The van der Waals surface area contributed by atoms with Crippen molar-refractivity contribution in [3.8, 4) is 23.0 Å². The Bertz CT molecular complexity index is 850. The van der Waals surface area contributed by atoms with Crippen LogP contribution in [0.3, 0.4) is 0 Å². The zero-order valence-corrected chi connectivity index (χ0v) is 18.0. The molecule has 0 saturated carbocycles. The van der Waals surface area contributed by atoms with Gasteiger partial charge in [0.2, 0.25) is 0 Å². The van der Waals surface area contributed by atoms with Crippen molar-refractivity contribution in [1.82, 2.24) is 4.90 Å². The highest BCUT2D eigenvalue weighted by Gasteiger charge is 2.08. The molecule has 2 aromatic carbocycles. The number of aliphatic imine (C=N–C) groups is 1. The van der Waals surface area contributed by atoms with Crippen LogP contribution in [-0.4, -0.2) is 81.2 Å². The summed E-state index contributed by atoms with van der Waals surface area (Å²) in [6, 6.07) is 9.63. The first-order chi connectivity index (χ1) is 15.1. The summed E-state index contributed by atoms with van der Waals surface area (Å²) in [4.78, 5) is 17.1. The number of hydrogen-bond donors (Lipinski definition) is 2. The molecule has 1 aliphatic heterocycles. The van der Waals surface area contributed by atoms with Gasteiger partial charge in [0.1, 0.15) is 6.29 Å². The number of benzene rings is 2. The van der Waals surface area contributed by atoms with Gasteiger partial charge in [0.15, 0.2) is 23.0 Å². The largest absolute Gasteiger partial charge is 0.504 e. The first-order valence-electron chi connectivity index (χ1n) is 10.1. The van der Waals surface area contributed by atoms with E-state index in [0.29, 0.717) is 23.3 Å². The smallest absolute Gasteiger partial charge is 0.161 e. The number of ether oxygens (including phenoxy) is 3. The van der Waals surface area contributed by atoms with E-state index >= 15 is 0 Å². The molecule has 0 atom stereocenters. The molecule has 0 aromatic heterocycles. The molecule has 1 heterocycles. The van der Waals surface area contributed by atoms with Gasteiger partial charge in [0, 0.05) is 38.0 Å². The average Bonchev–Trinajstić information content (AvgIpc) is 2.81. The van der Waals surface area contributed by atoms with Gasteiger partial charge in [-0.1, -0.05) is 0 Å². The Morgan fingerprint density at radius 3 is 2.16 bits per heavy atom. The van der Waals surface area contributed by atoms with Gasteiger partial charge in [-0.3, -0.25) is 14.7 Å². The van der Waals surface area contributed by atoms with Crippen LogP contribution >= 0.6 is 0 Å². The molecule has 0 aliphatic carbocycles. The third-order valence-corrected chi connectivity index (χ3v) is 4.65. The fourth-order valence-electron chi connectivity index (χ4n) is 2.92. The van der Waals surface area contributed by atoms with Crippen molar-refractivity contribution in [3.63, 3.8) is 0 Å². The Kier molecular flexibility index (Phi) is 10.3. The molecule has 31 heavy (non-hydrogen) atoms. The van der Waals surface area contributed by atoms with Crippen molar-refractivity contribution in [2.45, 2.75) is 6.42 Å². The van der Waals surface area contributed by atoms with Crippen molar-refractivity contribution in [2.24, 2.45) is 4.99 Å². The quantitative estimate of drug-likeness (QED) is 0.377. The Hall–Kier alpha value is -3.10. The summed E-state index contributed by atoms with van der Waals surface area (Å²) in [7, 11) is 2.97. The topological polar surface area (TPSA) is 101 Å². The van der Waals surface area contributed by atoms with Crippen LogP contribution in [0.25, 0.3) is 0 Å². The Balaban J connectivity index is 0.000000262. The number of aromatic hydroxyl groups is 2. The van der Waals surface area contributed by atoms with Gasteiger partial charge in [0.25, 0.3) is 0 Å². The molecule has 0 spiro atoms. The molecule has 1 aliphatic rings. The minimum atomic E-state index is 0.0399. The van der Waals surface area contributed by atoms with Gasteiger partial charge in [-0.2, -0.15) is 0 Å². The molecular weight excluding hydrogens is 400 g/mol. The number of phenols is 2. The summed E-state index contributed by atoms with van der Waals surface area (Å²) in [5, 5.41) is 18.6. The fraction of sp³-hybridized carbons (Fsp3) is 0.391. The van der Waals surface area contributed by atoms with Crippen LogP contribution in [0.2, 0.25) is 0 Å². The van der Waals surface area contributed by atoms with E-state index in [9.17, 15) is 9.90 Å². The van der Waals surface area contributed by atoms with E-state index in [1.807, 2.05) is 12.3 Å². The number of hydrogen-bond acceptors (Lipinski definition) is 8. The zero-order chi connectivity index (χ0) is 22.5. The molecule has 168 valence electrons. The van der Waals surface area contributed by atoms with E-state index < -0.39 is 0 Å². The summed E-state index contributed by atoms with van der Waals surface area (Å²) in [5.74, 6) is 0.979. The van der Waals surface area contributed by atoms with Crippen LogP contribution in [-0.2, 0) is 4.74 Å². The zero-order valence-electron chi connectivity index (χ0n) is 18.0. The number of methoxy groups -OCH3 is 2. The van der Waals surface area contributed by atoms with E-state index in [-0.39, 0.29) is 11.5 Å². The average molecular weight is 431 g/mol. The van der Waals surface area contributed by atoms with Crippen molar-refractivity contribution in [2.75, 3.05) is 53.6 Å². The first kappa shape index (κ1) is 24.2. The molecule has 2 aromatic rings. The summed E-state index contributed by atoms with van der Waals surface area (Å²) in [6.45, 7) is 5.62. The van der Waals surface area contributed by atoms with Crippen LogP contribution in [0.15, 0.2) is 41.4 Å². The molecule has 0 amide bonds. The predicted molar refractivity (Wildman–Crippen MR) is 119 cm³/mol. The van der Waals surface area contributed by atoms with Gasteiger partial charge in [-0.05, 0) is 48.4 Å². The Morgan fingerprint density at radius 1 is 1.00 bits per heavy atom. The van der Waals surface area contributed by atoms with Crippen LogP contribution in [0, 0.1) is 0 Å². The number of aldehydes is 1. The summed E-state index contributed by atoms with van der Waals surface area (Å²) in [6.07, 6.45) is 3.56. The maximum Gasteiger partial charge on any atom is 0.161 e. The molecular formula is C23H30N2O6. The van der Waals surface area contributed by atoms with Gasteiger partial charge in [-0.15, -0.1) is 0 Å². The maximum absolute atomic E-state index is 10.2. The predicted octanol–water partition coefficient (Wildman–Crippen LogP) is 2.76. The van der Waals surface area contributed by atoms with E-state index in [0.717, 1.165) is 51.4 Å². The van der Waals surface area contributed by atoms with Gasteiger partial charge < -0.3 is 24.4 Å². The monoisotopic (exact) mass is 430 g/mol. The minimum absolute atomic E-state index is 0.0399. The minimum Gasteiger partial charge on any atom is -0.504 e. The highest BCUT2D eigenvalue weighted by Crippen LogP contribution is 2.26. The van der Waals surface area contributed by atoms with Crippen molar-refractivity contribution < 1.29 is 29.2 Å². The molecule has 0 radical (unpaired) electrons. The molecule has 8 nitrogen and oxygen atoms in total. The summed E-state index contributed by atoms with van der Waals surface area (Å²) >= 11 is 0. The molecule has 1 saturated heterocycles. The second kappa shape index (κ2) is 13.3. The fourth-order valence-corrected chi connectivity index (χ4v) is 2.92. The third kappa shape index (κ3) is 8.27. The lowest BCUT2D eigenvalue weighted by molar-refractivity contribution is 0.0377. The van der Waals surface area contributed by atoms with Crippen LogP contribution in [0.1, 0.15) is 22.3 Å². The lowest BCUT2D eigenvalue weighted by atomic mass is 10.2. The van der Waals surface area contributed by atoms with Crippen molar-refractivity contribution >= 4 is 12.5 Å². The van der Waals surface area contributed by atoms with Crippen LogP contribution < -0.4 is 9.47 Å². The standard InChI is InChI=1S/C15H22N2O3.C8H8O3/c1-19-15-11-13(3-4-14(15)18)12-16-5-2-6-17-7-9-20-10-8-17;1-11-8-4-6(5-9)2-3-7(8)10/h3-4,11-12,18H,2,5-10H2,1H3;2-5,10H,1H3. The molecule has 0 bridgehead atoms. The molecule has 0 unspecified atom stereocenters. The maximum atomic E-state index is 10.2. The number of rotatable bonds is 8. The van der Waals surface area contributed by atoms with Crippen LogP contribution in [0.4, 0.5) is 0 Å². The van der Waals surface area contributed by atoms with E-state index in [1.165, 1.54) is 32.4 Å². The van der Waals surface area contributed by atoms with Gasteiger partial charge in [-0.25, -0.2) is 0 Å². The lowest BCUT2D eigenvalue weighted by Gasteiger charge is -2.26. The summed E-state index contributed by atoms with van der Waals surface area (Å²) in [5.41, 5.74) is 1.42. The second-order valence-electron chi connectivity index (χ2n) is 6.82. The van der Waals surface area contributed by atoms with E-state index in [4.69, 9.17) is 19.3 Å². The molecule has 2 N–H and O–H groups in total. The second-order valence-corrected chi connectivity index (χ2v) is 6.82.